The molecule has 1 aromatic carbocycles. The van der Waals surface area contributed by atoms with Gasteiger partial charge in [-0.05, 0) is 19.1 Å². The summed E-state index contributed by atoms with van der Waals surface area (Å²) in [5, 5.41) is 8.89. The monoisotopic (exact) mass is 208 g/mol. The van der Waals surface area contributed by atoms with E-state index in [1.807, 2.05) is 42.3 Å². The Kier molecular flexibility index (Phi) is 3.31. The van der Waals surface area contributed by atoms with Gasteiger partial charge >= 0.3 is 5.97 Å². The highest BCUT2D eigenvalue weighted by Crippen LogP contribution is 2.13. The minimum absolute atomic E-state index is 0.270. The van der Waals surface area contributed by atoms with E-state index < -0.39 is 11.5 Å². The zero-order valence-corrected chi connectivity index (χ0v) is 8.97. The van der Waals surface area contributed by atoms with E-state index in [1.165, 1.54) is 6.92 Å². The highest BCUT2D eigenvalue weighted by molar-refractivity contribution is 5.78. The van der Waals surface area contributed by atoms with Crippen LogP contribution in [0.4, 0.5) is 5.69 Å². The lowest BCUT2D eigenvalue weighted by Gasteiger charge is -2.27. The summed E-state index contributed by atoms with van der Waals surface area (Å²) in [5.74, 6) is -0.995. The van der Waals surface area contributed by atoms with Crippen molar-refractivity contribution in [3.05, 3.63) is 30.3 Å². The van der Waals surface area contributed by atoms with Crippen LogP contribution in [0.15, 0.2) is 30.3 Å². The molecule has 0 bridgehead atoms. The summed E-state index contributed by atoms with van der Waals surface area (Å²) < 4.78 is 0. The van der Waals surface area contributed by atoms with Crippen molar-refractivity contribution < 1.29 is 9.90 Å². The predicted molar refractivity (Wildman–Crippen MR) is 59.9 cm³/mol. The number of hydrogen-bond acceptors (Lipinski definition) is 3. The average Bonchev–Trinajstić information content (AvgIpc) is 2.18. The van der Waals surface area contributed by atoms with E-state index in [0.717, 1.165) is 5.69 Å². The van der Waals surface area contributed by atoms with Crippen molar-refractivity contribution in [2.45, 2.75) is 12.5 Å². The molecule has 1 atom stereocenters. The van der Waals surface area contributed by atoms with Gasteiger partial charge in [0.05, 0.1) is 0 Å². The number of anilines is 1. The lowest BCUT2D eigenvalue weighted by Crippen LogP contribution is -2.53. The van der Waals surface area contributed by atoms with Crippen molar-refractivity contribution in [2.75, 3.05) is 18.5 Å². The summed E-state index contributed by atoms with van der Waals surface area (Å²) in [6.07, 6.45) is 0. The Morgan fingerprint density at radius 2 is 2.00 bits per heavy atom. The summed E-state index contributed by atoms with van der Waals surface area (Å²) >= 11 is 0. The molecule has 82 valence electrons. The van der Waals surface area contributed by atoms with Gasteiger partial charge in [0, 0.05) is 19.3 Å². The standard InChI is InChI=1S/C11H16N2O2/c1-11(12,10(14)15)8-13(2)9-6-4-3-5-7-9/h3-7H,8,12H2,1-2H3,(H,14,15). The molecule has 0 aliphatic rings. The van der Waals surface area contributed by atoms with Crippen LogP contribution < -0.4 is 10.6 Å². The largest absolute Gasteiger partial charge is 0.480 e. The van der Waals surface area contributed by atoms with Crippen LogP contribution in [0.3, 0.4) is 0 Å². The maximum Gasteiger partial charge on any atom is 0.325 e. The molecule has 0 aliphatic carbocycles. The van der Waals surface area contributed by atoms with Crippen molar-refractivity contribution in [3.8, 4) is 0 Å². The molecule has 1 rings (SSSR count). The maximum absolute atomic E-state index is 10.8. The SMILES string of the molecule is CN(CC(C)(N)C(=O)O)c1ccccc1. The fourth-order valence-corrected chi connectivity index (χ4v) is 1.33. The third-order valence-electron chi connectivity index (χ3n) is 2.25. The van der Waals surface area contributed by atoms with Gasteiger partial charge in [0.15, 0.2) is 0 Å². The summed E-state index contributed by atoms with van der Waals surface area (Å²) in [6.45, 7) is 1.78. The molecule has 3 N–H and O–H groups in total. The molecule has 0 radical (unpaired) electrons. The van der Waals surface area contributed by atoms with E-state index in [-0.39, 0.29) is 6.54 Å². The number of nitrogens with zero attached hydrogens (tertiary/aromatic N) is 1. The molecule has 15 heavy (non-hydrogen) atoms. The first-order chi connectivity index (χ1) is 6.93. The molecular formula is C11H16N2O2. The Balaban J connectivity index is 2.72. The van der Waals surface area contributed by atoms with E-state index in [9.17, 15) is 4.79 Å². The van der Waals surface area contributed by atoms with Crippen LogP contribution in [0.2, 0.25) is 0 Å². The molecule has 1 unspecified atom stereocenters. The molecule has 0 aromatic heterocycles. The third-order valence-corrected chi connectivity index (χ3v) is 2.25. The van der Waals surface area contributed by atoms with Gasteiger partial charge in [-0.25, -0.2) is 0 Å². The first kappa shape index (κ1) is 11.5. The molecule has 1 aromatic rings. The number of likely N-dealkylation sites (N-methyl/N-ethyl adjacent to an activating group) is 1. The number of benzene rings is 1. The van der Waals surface area contributed by atoms with Gasteiger partial charge in [0.2, 0.25) is 0 Å². The number of carboxylic acid groups (broad SMARTS) is 1. The molecule has 0 saturated carbocycles. The van der Waals surface area contributed by atoms with Crippen LogP contribution in [0.25, 0.3) is 0 Å². The van der Waals surface area contributed by atoms with E-state index in [1.54, 1.807) is 0 Å². The topological polar surface area (TPSA) is 66.6 Å². The number of carbonyl (C=O) groups is 1. The van der Waals surface area contributed by atoms with Crippen LogP contribution in [0.1, 0.15) is 6.92 Å². The van der Waals surface area contributed by atoms with Crippen LogP contribution in [-0.2, 0) is 4.79 Å². The average molecular weight is 208 g/mol. The Morgan fingerprint density at radius 3 is 2.47 bits per heavy atom. The fraction of sp³-hybridized carbons (Fsp3) is 0.364. The molecule has 0 amide bonds. The van der Waals surface area contributed by atoms with Gasteiger partial charge in [0.25, 0.3) is 0 Å². The van der Waals surface area contributed by atoms with Gasteiger partial charge < -0.3 is 15.7 Å². The van der Waals surface area contributed by atoms with Gasteiger partial charge in [-0.15, -0.1) is 0 Å². The first-order valence-electron chi connectivity index (χ1n) is 4.72. The smallest absolute Gasteiger partial charge is 0.325 e. The van der Waals surface area contributed by atoms with E-state index in [2.05, 4.69) is 0 Å². The molecule has 4 nitrogen and oxygen atoms in total. The molecule has 0 fully saturated rings. The minimum Gasteiger partial charge on any atom is -0.480 e. The van der Waals surface area contributed by atoms with Gasteiger partial charge in [-0.3, -0.25) is 4.79 Å². The lowest BCUT2D eigenvalue weighted by molar-refractivity contribution is -0.142. The van der Waals surface area contributed by atoms with E-state index in [4.69, 9.17) is 10.8 Å². The van der Waals surface area contributed by atoms with Crippen molar-refractivity contribution in [1.82, 2.24) is 0 Å². The van der Waals surface area contributed by atoms with E-state index in [0.29, 0.717) is 0 Å². The van der Waals surface area contributed by atoms with Gasteiger partial charge in [-0.2, -0.15) is 0 Å². The summed E-state index contributed by atoms with van der Waals surface area (Å²) in [7, 11) is 1.82. The highest BCUT2D eigenvalue weighted by atomic mass is 16.4. The number of nitrogens with two attached hydrogens (primary N) is 1. The highest BCUT2D eigenvalue weighted by Gasteiger charge is 2.29. The van der Waals surface area contributed by atoms with Crippen LogP contribution >= 0.6 is 0 Å². The van der Waals surface area contributed by atoms with Gasteiger partial charge in [0.1, 0.15) is 5.54 Å². The first-order valence-corrected chi connectivity index (χ1v) is 4.72. The Labute approximate surface area is 89.3 Å². The minimum atomic E-state index is -1.23. The summed E-state index contributed by atoms with van der Waals surface area (Å²) in [5.41, 5.74) is 5.38. The summed E-state index contributed by atoms with van der Waals surface area (Å²) in [4.78, 5) is 12.7. The van der Waals surface area contributed by atoms with Crippen molar-refractivity contribution >= 4 is 11.7 Å². The Bertz CT molecular complexity index is 336. The zero-order chi connectivity index (χ0) is 11.5. The molecule has 4 heteroatoms. The van der Waals surface area contributed by atoms with Crippen molar-refractivity contribution in [1.29, 1.82) is 0 Å². The van der Waals surface area contributed by atoms with Crippen LogP contribution in [-0.4, -0.2) is 30.2 Å². The maximum atomic E-state index is 10.8. The Morgan fingerprint density at radius 1 is 1.47 bits per heavy atom. The normalized spacial score (nSPS) is 14.3. The third kappa shape index (κ3) is 2.95. The number of hydrogen-bond donors (Lipinski definition) is 2. The summed E-state index contributed by atoms with van der Waals surface area (Å²) in [6, 6.07) is 9.55. The number of para-hydroxylation sites is 1. The van der Waals surface area contributed by atoms with E-state index >= 15 is 0 Å². The Hall–Kier alpha value is -1.55. The predicted octanol–water partition coefficient (Wildman–Crippen LogP) is 0.925. The second kappa shape index (κ2) is 4.31. The van der Waals surface area contributed by atoms with Gasteiger partial charge in [-0.1, -0.05) is 18.2 Å². The molecule has 0 spiro atoms. The second-order valence-electron chi connectivity index (χ2n) is 3.91. The molecule has 0 saturated heterocycles. The van der Waals surface area contributed by atoms with Crippen LogP contribution in [0, 0.1) is 0 Å². The van der Waals surface area contributed by atoms with Crippen LogP contribution in [0.5, 0.6) is 0 Å². The second-order valence-corrected chi connectivity index (χ2v) is 3.91. The quantitative estimate of drug-likeness (QED) is 0.772. The number of carboxylic acids is 1. The fourth-order valence-electron chi connectivity index (χ4n) is 1.33. The zero-order valence-electron chi connectivity index (χ0n) is 8.97. The number of aliphatic carboxylic acids is 1. The van der Waals surface area contributed by atoms with Crippen molar-refractivity contribution in [2.24, 2.45) is 5.73 Å². The molecular weight excluding hydrogens is 192 g/mol. The van der Waals surface area contributed by atoms with Crippen molar-refractivity contribution in [3.63, 3.8) is 0 Å². The molecule has 0 heterocycles. The molecule has 0 aliphatic heterocycles. The lowest BCUT2D eigenvalue weighted by atomic mass is 10.0. The number of rotatable bonds is 4.